The van der Waals surface area contributed by atoms with Gasteiger partial charge in [-0.05, 0) is 17.5 Å². The molecule has 0 aromatic carbocycles. The number of rotatable bonds is 3. The van der Waals surface area contributed by atoms with Crippen LogP contribution in [0.25, 0.3) is 0 Å². The van der Waals surface area contributed by atoms with Crippen molar-refractivity contribution in [3.05, 3.63) is 26.7 Å². The Hall–Kier alpha value is -1.06. The first-order valence-corrected chi connectivity index (χ1v) is 6.92. The van der Waals surface area contributed by atoms with E-state index in [-0.39, 0.29) is 10.8 Å². The van der Waals surface area contributed by atoms with E-state index < -0.39 is 17.3 Å². The molecule has 0 radical (unpaired) electrons. The highest BCUT2D eigenvalue weighted by Crippen LogP contribution is 2.38. The first kappa shape index (κ1) is 14.4. The third-order valence-electron chi connectivity index (χ3n) is 2.37. The molecule has 0 spiro atoms. The maximum absolute atomic E-state index is 12.5. The van der Waals surface area contributed by atoms with Gasteiger partial charge in [0.1, 0.15) is 6.10 Å². The van der Waals surface area contributed by atoms with Crippen LogP contribution in [-0.2, 0) is 6.18 Å². The minimum absolute atomic E-state index is 0.0402. The molecule has 0 saturated carbocycles. The molecule has 2 aromatic rings. The van der Waals surface area contributed by atoms with E-state index in [4.69, 9.17) is 0 Å². The van der Waals surface area contributed by atoms with Gasteiger partial charge in [-0.1, -0.05) is 18.3 Å². The molecule has 104 valence electrons. The molecule has 0 fully saturated rings. The second kappa shape index (κ2) is 5.14. The molecule has 0 amide bonds. The number of aromatic nitrogens is 3. The Bertz CT molecular complexity index is 564. The van der Waals surface area contributed by atoms with Gasteiger partial charge in [-0.15, -0.1) is 16.4 Å². The van der Waals surface area contributed by atoms with E-state index in [2.05, 4.69) is 14.6 Å². The van der Waals surface area contributed by atoms with Crippen LogP contribution in [0.4, 0.5) is 13.2 Å². The number of nitrogens with zero attached hydrogens (tertiary/aromatic N) is 3. The molecule has 1 N–H and O–H groups in total. The zero-order chi connectivity index (χ0) is 14.2. The Labute approximate surface area is 115 Å². The second-order valence-electron chi connectivity index (χ2n) is 4.15. The average molecular weight is 309 g/mol. The maximum Gasteiger partial charge on any atom is 0.443 e. The van der Waals surface area contributed by atoms with Crippen molar-refractivity contribution in [2.45, 2.75) is 32.0 Å². The number of thiazole rings is 1. The van der Waals surface area contributed by atoms with Crippen molar-refractivity contribution < 1.29 is 18.3 Å². The van der Waals surface area contributed by atoms with Crippen LogP contribution in [0, 0.1) is 0 Å². The molecular formula is C10H10F3N3OS2. The van der Waals surface area contributed by atoms with Crippen LogP contribution < -0.4 is 0 Å². The standard InChI is InChI=1S/C10H10F3N3OS2/c1-4(2)6-8(19-16-15-6)7(17)5-3-14-9(18-5)10(11,12)13/h3-4,7,17H,1-2H3. The summed E-state index contributed by atoms with van der Waals surface area (Å²) < 4.78 is 41.1. The van der Waals surface area contributed by atoms with Crippen molar-refractivity contribution in [1.29, 1.82) is 0 Å². The number of aliphatic hydroxyl groups excluding tert-OH is 1. The van der Waals surface area contributed by atoms with Crippen molar-refractivity contribution in [1.82, 2.24) is 14.6 Å². The zero-order valence-corrected chi connectivity index (χ0v) is 11.6. The molecule has 1 atom stereocenters. The van der Waals surface area contributed by atoms with E-state index in [1.807, 2.05) is 13.8 Å². The summed E-state index contributed by atoms with van der Waals surface area (Å²) in [6, 6.07) is 0. The molecule has 9 heteroatoms. The van der Waals surface area contributed by atoms with Gasteiger partial charge in [0.15, 0.2) is 5.01 Å². The summed E-state index contributed by atoms with van der Waals surface area (Å²) in [5, 5.41) is 13.0. The number of aliphatic hydroxyl groups is 1. The number of halogens is 3. The summed E-state index contributed by atoms with van der Waals surface area (Å²) in [5.74, 6) is 0.0402. The van der Waals surface area contributed by atoms with E-state index >= 15 is 0 Å². The Morgan fingerprint density at radius 3 is 2.53 bits per heavy atom. The minimum Gasteiger partial charge on any atom is -0.382 e. The van der Waals surface area contributed by atoms with Crippen LogP contribution in [0.2, 0.25) is 0 Å². The van der Waals surface area contributed by atoms with Gasteiger partial charge in [-0.2, -0.15) is 13.2 Å². The SMILES string of the molecule is CC(C)c1nnsc1C(O)c1cnc(C(F)(F)F)s1. The molecule has 0 bridgehead atoms. The van der Waals surface area contributed by atoms with Crippen LogP contribution in [0.3, 0.4) is 0 Å². The highest BCUT2D eigenvalue weighted by Gasteiger charge is 2.35. The smallest absolute Gasteiger partial charge is 0.382 e. The molecule has 0 aliphatic heterocycles. The molecule has 2 rings (SSSR count). The van der Waals surface area contributed by atoms with Crippen molar-refractivity contribution >= 4 is 22.9 Å². The molecule has 0 aliphatic carbocycles. The predicted molar refractivity (Wildman–Crippen MR) is 65.2 cm³/mol. The fourth-order valence-corrected chi connectivity index (χ4v) is 3.14. The van der Waals surface area contributed by atoms with E-state index in [9.17, 15) is 18.3 Å². The second-order valence-corrected chi connectivity index (χ2v) is 5.99. The molecule has 2 aromatic heterocycles. The predicted octanol–water partition coefficient (Wildman–Crippen LogP) is 3.22. The fraction of sp³-hybridized carbons (Fsp3) is 0.500. The quantitative estimate of drug-likeness (QED) is 0.946. The lowest BCUT2D eigenvalue weighted by Crippen LogP contribution is -2.03. The van der Waals surface area contributed by atoms with Crippen LogP contribution >= 0.6 is 22.9 Å². The maximum atomic E-state index is 12.5. The number of hydrogen-bond donors (Lipinski definition) is 1. The first-order valence-electron chi connectivity index (χ1n) is 5.33. The van der Waals surface area contributed by atoms with E-state index in [1.165, 1.54) is 0 Å². The lowest BCUT2D eigenvalue weighted by molar-refractivity contribution is -0.137. The third kappa shape index (κ3) is 2.93. The Morgan fingerprint density at radius 2 is 2.00 bits per heavy atom. The third-order valence-corrected chi connectivity index (χ3v) is 4.26. The summed E-state index contributed by atoms with van der Waals surface area (Å²) in [7, 11) is 0. The number of hydrogen-bond acceptors (Lipinski definition) is 6. The van der Waals surface area contributed by atoms with Gasteiger partial charge in [0.25, 0.3) is 0 Å². The number of alkyl halides is 3. The summed E-state index contributed by atoms with van der Waals surface area (Å²) in [6.07, 6.45) is -4.61. The highest BCUT2D eigenvalue weighted by atomic mass is 32.1. The Balaban J connectivity index is 2.31. The summed E-state index contributed by atoms with van der Waals surface area (Å²) in [6.45, 7) is 3.75. The largest absolute Gasteiger partial charge is 0.443 e. The van der Waals surface area contributed by atoms with Crippen molar-refractivity contribution in [2.75, 3.05) is 0 Å². The van der Waals surface area contributed by atoms with Gasteiger partial charge in [-0.3, -0.25) is 0 Å². The van der Waals surface area contributed by atoms with Gasteiger partial charge in [0.05, 0.1) is 15.4 Å². The van der Waals surface area contributed by atoms with Gasteiger partial charge in [-0.25, -0.2) is 4.98 Å². The van der Waals surface area contributed by atoms with E-state index in [0.29, 0.717) is 21.9 Å². The lowest BCUT2D eigenvalue weighted by Gasteiger charge is -2.08. The fourth-order valence-electron chi connectivity index (χ4n) is 1.47. The van der Waals surface area contributed by atoms with Gasteiger partial charge in [0, 0.05) is 6.20 Å². The molecule has 19 heavy (non-hydrogen) atoms. The molecule has 0 aliphatic rings. The molecule has 4 nitrogen and oxygen atoms in total. The van der Waals surface area contributed by atoms with Gasteiger partial charge >= 0.3 is 6.18 Å². The molecular weight excluding hydrogens is 299 g/mol. The van der Waals surface area contributed by atoms with Crippen molar-refractivity contribution in [3.63, 3.8) is 0 Å². The Morgan fingerprint density at radius 1 is 1.32 bits per heavy atom. The topological polar surface area (TPSA) is 58.9 Å². The minimum atomic E-state index is -4.49. The van der Waals surface area contributed by atoms with Crippen molar-refractivity contribution in [2.24, 2.45) is 0 Å². The molecule has 1 unspecified atom stereocenters. The van der Waals surface area contributed by atoms with Crippen molar-refractivity contribution in [3.8, 4) is 0 Å². The van der Waals surface area contributed by atoms with Gasteiger partial charge in [0.2, 0.25) is 0 Å². The zero-order valence-electron chi connectivity index (χ0n) is 9.97. The lowest BCUT2D eigenvalue weighted by atomic mass is 10.1. The van der Waals surface area contributed by atoms with Crippen LogP contribution in [0.15, 0.2) is 6.20 Å². The molecule has 0 saturated heterocycles. The average Bonchev–Trinajstić information content (AvgIpc) is 2.96. The van der Waals surface area contributed by atoms with Crippen LogP contribution in [0.1, 0.15) is 46.3 Å². The Kier molecular flexibility index (Phi) is 3.88. The van der Waals surface area contributed by atoms with Gasteiger partial charge < -0.3 is 5.11 Å². The summed E-state index contributed by atoms with van der Waals surface area (Å²) in [5.41, 5.74) is 0.597. The first-order chi connectivity index (χ1) is 8.80. The van der Waals surface area contributed by atoms with Crippen LogP contribution in [0.5, 0.6) is 0 Å². The highest BCUT2D eigenvalue weighted by molar-refractivity contribution is 7.12. The monoisotopic (exact) mass is 309 g/mol. The summed E-state index contributed by atoms with van der Waals surface area (Å²) >= 11 is 1.42. The summed E-state index contributed by atoms with van der Waals surface area (Å²) in [4.78, 5) is 3.89. The van der Waals surface area contributed by atoms with E-state index in [0.717, 1.165) is 17.7 Å². The van der Waals surface area contributed by atoms with Crippen LogP contribution in [-0.4, -0.2) is 19.7 Å². The van der Waals surface area contributed by atoms with E-state index in [1.54, 1.807) is 0 Å². The normalized spacial score (nSPS) is 14.1. The molecule has 2 heterocycles.